The lowest BCUT2D eigenvalue weighted by Crippen LogP contribution is -2.06. The van der Waals surface area contributed by atoms with Gasteiger partial charge in [0.1, 0.15) is 11.7 Å². The van der Waals surface area contributed by atoms with Crippen LogP contribution >= 0.6 is 11.6 Å². The molecule has 0 spiro atoms. The zero-order valence-electron chi connectivity index (χ0n) is 8.39. The molecule has 0 aliphatic rings. The smallest absolute Gasteiger partial charge is 0.151 e. The van der Waals surface area contributed by atoms with E-state index in [1.807, 2.05) is 19.2 Å². The second-order valence-electron chi connectivity index (χ2n) is 3.16. The molecule has 15 heavy (non-hydrogen) atoms. The molecule has 2 aromatic heterocycles. The minimum Gasteiger partial charge on any atom is -0.265 e. The van der Waals surface area contributed by atoms with E-state index < -0.39 is 0 Å². The Morgan fingerprint density at radius 2 is 2.27 bits per heavy atom. The Kier molecular flexibility index (Phi) is 2.97. The van der Waals surface area contributed by atoms with Crippen LogP contribution in [0.5, 0.6) is 0 Å². The monoisotopic (exact) mass is 222 g/mol. The topological polar surface area (TPSA) is 43.6 Å². The normalized spacial score (nSPS) is 10.5. The van der Waals surface area contributed by atoms with Gasteiger partial charge in [0.05, 0.1) is 0 Å². The highest BCUT2D eigenvalue weighted by molar-refractivity contribution is 6.29. The summed E-state index contributed by atoms with van der Waals surface area (Å²) in [5.41, 5.74) is 0.956. The van der Waals surface area contributed by atoms with E-state index in [4.69, 9.17) is 11.6 Å². The average Bonchev–Trinajstić information content (AvgIpc) is 2.69. The van der Waals surface area contributed by atoms with Gasteiger partial charge in [-0.25, -0.2) is 9.97 Å². The number of hydrogen-bond donors (Lipinski definition) is 0. The molecule has 2 rings (SSSR count). The van der Waals surface area contributed by atoms with E-state index in [1.54, 1.807) is 16.9 Å². The lowest BCUT2D eigenvalue weighted by Gasteiger charge is -2.03. The highest BCUT2D eigenvalue weighted by Gasteiger charge is 2.02. The van der Waals surface area contributed by atoms with Crippen molar-refractivity contribution in [1.82, 2.24) is 19.7 Å². The minimum absolute atomic E-state index is 0.490. The molecule has 0 aliphatic carbocycles. The summed E-state index contributed by atoms with van der Waals surface area (Å²) in [7, 11) is 0. The Bertz CT molecular complexity index is 439. The number of aromatic nitrogens is 4. The van der Waals surface area contributed by atoms with Gasteiger partial charge in [0.15, 0.2) is 5.82 Å². The van der Waals surface area contributed by atoms with Gasteiger partial charge < -0.3 is 0 Å². The van der Waals surface area contributed by atoms with Gasteiger partial charge in [-0.15, -0.1) is 0 Å². The number of rotatable bonds is 3. The summed E-state index contributed by atoms with van der Waals surface area (Å²) >= 11 is 5.89. The highest BCUT2D eigenvalue weighted by Crippen LogP contribution is 2.08. The van der Waals surface area contributed by atoms with Crippen LogP contribution in [0.3, 0.4) is 0 Å². The molecular formula is C10H11ClN4. The van der Waals surface area contributed by atoms with Crippen LogP contribution in [0.15, 0.2) is 24.5 Å². The molecule has 78 valence electrons. The zero-order valence-corrected chi connectivity index (χ0v) is 9.15. The van der Waals surface area contributed by atoms with Gasteiger partial charge in [0.25, 0.3) is 0 Å². The minimum atomic E-state index is 0.490. The van der Waals surface area contributed by atoms with Crippen LogP contribution in [0, 0.1) is 0 Å². The molecule has 0 saturated carbocycles. The predicted molar refractivity (Wildman–Crippen MR) is 57.7 cm³/mol. The molecule has 0 aliphatic heterocycles. The molecular weight excluding hydrogens is 212 g/mol. The maximum Gasteiger partial charge on any atom is 0.151 e. The van der Waals surface area contributed by atoms with E-state index in [0.29, 0.717) is 17.5 Å². The van der Waals surface area contributed by atoms with Gasteiger partial charge in [-0.2, -0.15) is 5.10 Å². The molecule has 0 unspecified atom stereocenters. The maximum absolute atomic E-state index is 5.89. The molecule has 2 heterocycles. The second-order valence-corrected chi connectivity index (χ2v) is 3.54. The first-order valence-corrected chi connectivity index (χ1v) is 5.15. The van der Waals surface area contributed by atoms with Crippen LogP contribution in [-0.2, 0) is 13.0 Å². The Labute approximate surface area is 92.9 Å². The first kappa shape index (κ1) is 10.1. The van der Waals surface area contributed by atoms with Crippen LogP contribution in [0.2, 0.25) is 5.15 Å². The van der Waals surface area contributed by atoms with Gasteiger partial charge in [-0.05, 0) is 18.6 Å². The molecule has 0 atom stereocenters. The Morgan fingerprint density at radius 3 is 2.93 bits per heavy atom. The first-order chi connectivity index (χ1) is 7.28. The highest BCUT2D eigenvalue weighted by atomic mass is 35.5. The van der Waals surface area contributed by atoms with Crippen LogP contribution in [0.4, 0.5) is 0 Å². The Morgan fingerprint density at radius 1 is 1.40 bits per heavy atom. The lowest BCUT2D eigenvalue weighted by molar-refractivity contribution is 0.651. The SMILES string of the molecule is CCc1cc(Cl)nc(Cn2cccn2)n1. The fourth-order valence-electron chi connectivity index (χ4n) is 1.31. The van der Waals surface area contributed by atoms with Crippen molar-refractivity contribution in [3.63, 3.8) is 0 Å². The molecule has 0 radical (unpaired) electrons. The fraction of sp³-hybridized carbons (Fsp3) is 0.300. The van der Waals surface area contributed by atoms with Crippen molar-refractivity contribution in [3.8, 4) is 0 Å². The van der Waals surface area contributed by atoms with Crippen LogP contribution in [-0.4, -0.2) is 19.7 Å². The Hall–Kier alpha value is -1.42. The standard InChI is InChI=1S/C10H11ClN4/c1-2-8-6-9(11)14-10(13-8)7-15-5-3-4-12-15/h3-6H,2,7H2,1H3. The third-order valence-electron chi connectivity index (χ3n) is 2.02. The van der Waals surface area contributed by atoms with Crippen molar-refractivity contribution in [2.45, 2.75) is 19.9 Å². The van der Waals surface area contributed by atoms with E-state index in [1.165, 1.54) is 0 Å². The molecule has 2 aromatic rings. The number of aryl methyl sites for hydroxylation is 1. The largest absolute Gasteiger partial charge is 0.265 e. The quantitative estimate of drug-likeness (QED) is 0.746. The lowest BCUT2D eigenvalue weighted by atomic mass is 10.3. The van der Waals surface area contributed by atoms with Gasteiger partial charge in [0.2, 0.25) is 0 Å². The summed E-state index contributed by atoms with van der Waals surface area (Å²) in [6, 6.07) is 3.65. The van der Waals surface area contributed by atoms with Crippen molar-refractivity contribution in [2.75, 3.05) is 0 Å². The van der Waals surface area contributed by atoms with Crippen LogP contribution < -0.4 is 0 Å². The van der Waals surface area contributed by atoms with Crippen molar-refractivity contribution < 1.29 is 0 Å². The molecule has 0 N–H and O–H groups in total. The summed E-state index contributed by atoms with van der Waals surface area (Å²) in [4.78, 5) is 8.52. The molecule has 0 fully saturated rings. The molecule has 0 aromatic carbocycles. The fourth-order valence-corrected chi connectivity index (χ4v) is 1.53. The van der Waals surface area contributed by atoms with E-state index in [9.17, 15) is 0 Å². The van der Waals surface area contributed by atoms with Crippen molar-refractivity contribution in [3.05, 3.63) is 41.2 Å². The zero-order chi connectivity index (χ0) is 10.7. The molecule has 0 saturated heterocycles. The first-order valence-electron chi connectivity index (χ1n) is 4.77. The second kappa shape index (κ2) is 4.40. The van der Waals surface area contributed by atoms with Gasteiger partial charge >= 0.3 is 0 Å². The third kappa shape index (κ3) is 2.53. The van der Waals surface area contributed by atoms with E-state index in [0.717, 1.165) is 12.1 Å². The van der Waals surface area contributed by atoms with Crippen LogP contribution in [0.1, 0.15) is 18.4 Å². The summed E-state index contributed by atoms with van der Waals surface area (Å²) in [6.07, 6.45) is 4.45. The summed E-state index contributed by atoms with van der Waals surface area (Å²) in [5, 5.41) is 4.58. The van der Waals surface area contributed by atoms with E-state index in [-0.39, 0.29) is 0 Å². The van der Waals surface area contributed by atoms with Crippen LogP contribution in [0.25, 0.3) is 0 Å². The van der Waals surface area contributed by atoms with Crippen molar-refractivity contribution in [1.29, 1.82) is 0 Å². The molecule has 0 bridgehead atoms. The summed E-state index contributed by atoms with van der Waals surface area (Å²) in [6.45, 7) is 2.59. The van der Waals surface area contributed by atoms with Gasteiger partial charge in [-0.3, -0.25) is 4.68 Å². The number of nitrogens with zero attached hydrogens (tertiary/aromatic N) is 4. The van der Waals surface area contributed by atoms with Crippen molar-refractivity contribution >= 4 is 11.6 Å². The van der Waals surface area contributed by atoms with E-state index in [2.05, 4.69) is 15.1 Å². The molecule has 5 heteroatoms. The maximum atomic E-state index is 5.89. The number of hydrogen-bond acceptors (Lipinski definition) is 3. The molecule has 0 amide bonds. The summed E-state index contributed by atoms with van der Waals surface area (Å²) in [5.74, 6) is 0.697. The average molecular weight is 223 g/mol. The van der Waals surface area contributed by atoms with Crippen molar-refractivity contribution in [2.24, 2.45) is 0 Å². The van der Waals surface area contributed by atoms with Gasteiger partial charge in [0, 0.05) is 18.1 Å². The van der Waals surface area contributed by atoms with Gasteiger partial charge in [-0.1, -0.05) is 18.5 Å². The molecule has 4 nitrogen and oxygen atoms in total. The van der Waals surface area contributed by atoms with E-state index >= 15 is 0 Å². The Balaban J connectivity index is 2.24. The third-order valence-corrected chi connectivity index (χ3v) is 2.21. The number of halogens is 1. The summed E-state index contributed by atoms with van der Waals surface area (Å²) < 4.78 is 1.77. The predicted octanol–water partition coefficient (Wildman–Crippen LogP) is 1.94.